The first kappa shape index (κ1) is 19.6. The number of carbonyl (C=O) groups excluding carboxylic acids is 2. The maximum absolute atomic E-state index is 12.3. The van der Waals surface area contributed by atoms with Gasteiger partial charge in [-0.15, -0.1) is 0 Å². The summed E-state index contributed by atoms with van der Waals surface area (Å²) in [5, 5.41) is 5.83. The Morgan fingerprint density at radius 3 is 2.29 bits per heavy atom. The van der Waals surface area contributed by atoms with E-state index in [1.54, 1.807) is 12.2 Å². The Bertz CT molecular complexity index is 893. The number of anilines is 1. The molecule has 2 amide bonds. The summed E-state index contributed by atoms with van der Waals surface area (Å²) in [7, 11) is 0. The molecular formula is C20H18F3N3O2. The van der Waals surface area contributed by atoms with Crippen LogP contribution in [0.4, 0.5) is 18.9 Å². The monoisotopic (exact) mass is 389 g/mol. The molecule has 2 N–H and O–H groups in total. The van der Waals surface area contributed by atoms with Crippen LogP contribution < -0.4 is 10.7 Å². The summed E-state index contributed by atoms with van der Waals surface area (Å²) in [6.07, 6.45) is -4.17. The van der Waals surface area contributed by atoms with E-state index in [0.717, 1.165) is 12.0 Å². The highest BCUT2D eigenvalue weighted by Gasteiger charge is 2.43. The number of alkyl halides is 3. The minimum absolute atomic E-state index is 0.0200. The van der Waals surface area contributed by atoms with Crippen molar-refractivity contribution in [2.24, 2.45) is 11.0 Å². The van der Waals surface area contributed by atoms with E-state index in [0.29, 0.717) is 11.3 Å². The first-order valence-corrected chi connectivity index (χ1v) is 8.63. The molecule has 1 aliphatic carbocycles. The van der Waals surface area contributed by atoms with Crippen LogP contribution in [-0.4, -0.2) is 23.7 Å². The molecule has 0 saturated heterocycles. The molecule has 0 aromatic heterocycles. The minimum atomic E-state index is -4.94. The second-order valence-electron chi connectivity index (χ2n) is 6.56. The van der Waals surface area contributed by atoms with Gasteiger partial charge in [-0.2, -0.15) is 18.3 Å². The third-order valence-electron chi connectivity index (χ3n) is 4.51. The van der Waals surface area contributed by atoms with Gasteiger partial charge in [-0.1, -0.05) is 42.5 Å². The Labute approximate surface area is 159 Å². The van der Waals surface area contributed by atoms with Crippen molar-refractivity contribution in [2.45, 2.75) is 25.4 Å². The molecule has 2 aromatic carbocycles. The van der Waals surface area contributed by atoms with E-state index in [-0.39, 0.29) is 23.4 Å². The Balaban J connectivity index is 1.55. The largest absolute Gasteiger partial charge is 0.471 e. The van der Waals surface area contributed by atoms with Gasteiger partial charge in [0.25, 0.3) is 0 Å². The highest BCUT2D eigenvalue weighted by Crippen LogP contribution is 2.47. The molecule has 1 fully saturated rings. The van der Waals surface area contributed by atoms with Gasteiger partial charge in [0, 0.05) is 11.6 Å². The average molecular weight is 389 g/mol. The summed E-state index contributed by atoms with van der Waals surface area (Å²) in [5.41, 5.74) is 4.80. The van der Waals surface area contributed by atoms with Crippen LogP contribution in [0.1, 0.15) is 30.4 Å². The van der Waals surface area contributed by atoms with Crippen molar-refractivity contribution >= 4 is 23.2 Å². The molecule has 0 aliphatic heterocycles. The van der Waals surface area contributed by atoms with Crippen LogP contribution in [0.2, 0.25) is 0 Å². The standard InChI is InChI=1S/C20H18F3N3O2/c1-12(13-7-9-15(10-8-13)24-19(28)20(21,22)23)25-26-18(27)17-11-16(17)14-5-3-2-4-6-14/h2-10,16-17H,11H2,1H3,(H,24,28)(H,26,27)/b25-12-/t16-,17+/m0/s1. The molecule has 0 bridgehead atoms. The quantitative estimate of drug-likeness (QED) is 0.603. The van der Waals surface area contributed by atoms with Gasteiger partial charge in [0.05, 0.1) is 5.71 Å². The maximum Gasteiger partial charge on any atom is 0.471 e. The van der Waals surface area contributed by atoms with Crippen molar-refractivity contribution in [2.75, 3.05) is 5.32 Å². The van der Waals surface area contributed by atoms with E-state index in [1.165, 1.54) is 24.3 Å². The Hall–Kier alpha value is -3.16. The molecule has 2 atom stereocenters. The van der Waals surface area contributed by atoms with Crippen molar-refractivity contribution in [3.63, 3.8) is 0 Å². The zero-order valence-corrected chi connectivity index (χ0v) is 15.0. The number of nitrogens with one attached hydrogen (secondary N) is 2. The van der Waals surface area contributed by atoms with E-state index in [9.17, 15) is 22.8 Å². The molecule has 8 heteroatoms. The molecule has 146 valence electrons. The van der Waals surface area contributed by atoms with Gasteiger partial charge in [-0.3, -0.25) is 9.59 Å². The van der Waals surface area contributed by atoms with E-state index in [4.69, 9.17) is 0 Å². The third-order valence-corrected chi connectivity index (χ3v) is 4.51. The van der Waals surface area contributed by atoms with Crippen LogP contribution in [0.25, 0.3) is 0 Å². The van der Waals surface area contributed by atoms with Crippen LogP contribution in [0.15, 0.2) is 59.7 Å². The topological polar surface area (TPSA) is 70.6 Å². The van der Waals surface area contributed by atoms with Gasteiger partial charge < -0.3 is 5.32 Å². The summed E-state index contributed by atoms with van der Waals surface area (Å²) in [6.45, 7) is 1.67. The minimum Gasteiger partial charge on any atom is -0.318 e. The number of benzene rings is 2. The molecule has 1 saturated carbocycles. The molecule has 28 heavy (non-hydrogen) atoms. The molecule has 0 radical (unpaired) electrons. The summed E-state index contributed by atoms with van der Waals surface area (Å²) >= 11 is 0. The molecule has 0 heterocycles. The second kappa shape index (κ2) is 7.84. The molecule has 3 rings (SSSR count). The second-order valence-corrected chi connectivity index (χ2v) is 6.56. The lowest BCUT2D eigenvalue weighted by Crippen LogP contribution is -2.29. The lowest BCUT2D eigenvalue weighted by atomic mass is 10.1. The maximum atomic E-state index is 12.3. The van der Waals surface area contributed by atoms with E-state index in [1.807, 2.05) is 30.3 Å². The van der Waals surface area contributed by atoms with Crippen molar-refractivity contribution in [3.05, 3.63) is 65.7 Å². The number of hydrogen-bond donors (Lipinski definition) is 2. The van der Waals surface area contributed by atoms with E-state index in [2.05, 4.69) is 10.5 Å². The lowest BCUT2D eigenvalue weighted by Gasteiger charge is -2.08. The summed E-state index contributed by atoms with van der Waals surface area (Å²) in [6, 6.07) is 15.5. The number of carbonyl (C=O) groups is 2. The highest BCUT2D eigenvalue weighted by molar-refractivity contribution is 6.00. The van der Waals surface area contributed by atoms with Crippen LogP contribution in [0.3, 0.4) is 0 Å². The van der Waals surface area contributed by atoms with Crippen LogP contribution in [0, 0.1) is 5.92 Å². The van der Waals surface area contributed by atoms with Crippen LogP contribution in [-0.2, 0) is 9.59 Å². The van der Waals surface area contributed by atoms with Gasteiger partial charge >= 0.3 is 12.1 Å². The third kappa shape index (κ3) is 4.76. The fraction of sp³-hybridized carbons (Fsp3) is 0.250. The number of halogens is 3. The van der Waals surface area contributed by atoms with Gasteiger partial charge in [0.15, 0.2) is 0 Å². The first-order chi connectivity index (χ1) is 13.3. The number of nitrogens with zero attached hydrogens (tertiary/aromatic N) is 1. The van der Waals surface area contributed by atoms with Gasteiger partial charge in [-0.25, -0.2) is 5.43 Å². The Morgan fingerprint density at radius 1 is 1.04 bits per heavy atom. The molecular weight excluding hydrogens is 371 g/mol. The number of hydrogen-bond acceptors (Lipinski definition) is 3. The summed E-state index contributed by atoms with van der Waals surface area (Å²) in [4.78, 5) is 23.1. The molecule has 0 spiro atoms. The molecule has 0 unspecified atom stereocenters. The highest BCUT2D eigenvalue weighted by atomic mass is 19.4. The smallest absolute Gasteiger partial charge is 0.318 e. The molecule has 5 nitrogen and oxygen atoms in total. The fourth-order valence-corrected chi connectivity index (χ4v) is 2.84. The Kier molecular flexibility index (Phi) is 5.48. The summed E-state index contributed by atoms with van der Waals surface area (Å²) < 4.78 is 36.8. The molecule has 1 aliphatic rings. The van der Waals surface area contributed by atoms with Gasteiger partial charge in [0.1, 0.15) is 0 Å². The summed E-state index contributed by atoms with van der Waals surface area (Å²) in [5.74, 6) is -2.11. The van der Waals surface area contributed by atoms with Crippen molar-refractivity contribution < 1.29 is 22.8 Å². The van der Waals surface area contributed by atoms with Crippen LogP contribution in [0.5, 0.6) is 0 Å². The number of rotatable bonds is 5. The predicted octanol–water partition coefficient (Wildman–Crippen LogP) is 3.83. The lowest BCUT2D eigenvalue weighted by molar-refractivity contribution is -0.167. The predicted molar refractivity (Wildman–Crippen MR) is 98.8 cm³/mol. The SMILES string of the molecule is C/C(=N/NC(=O)[C@@H]1C[C@H]1c1ccccc1)c1ccc(NC(=O)C(F)(F)F)cc1. The van der Waals surface area contributed by atoms with Crippen molar-refractivity contribution in [1.82, 2.24) is 5.43 Å². The van der Waals surface area contributed by atoms with E-state index < -0.39 is 12.1 Å². The molecule has 2 aromatic rings. The zero-order valence-electron chi connectivity index (χ0n) is 15.0. The zero-order chi connectivity index (χ0) is 20.3. The van der Waals surface area contributed by atoms with Gasteiger partial charge in [0.2, 0.25) is 5.91 Å². The number of amides is 2. The fourth-order valence-electron chi connectivity index (χ4n) is 2.84. The van der Waals surface area contributed by atoms with Crippen molar-refractivity contribution in [1.29, 1.82) is 0 Å². The average Bonchev–Trinajstić information content (AvgIpc) is 3.47. The van der Waals surface area contributed by atoms with Crippen LogP contribution >= 0.6 is 0 Å². The number of hydrazone groups is 1. The Morgan fingerprint density at radius 2 is 1.68 bits per heavy atom. The van der Waals surface area contributed by atoms with Gasteiger partial charge in [-0.05, 0) is 42.5 Å². The van der Waals surface area contributed by atoms with E-state index >= 15 is 0 Å². The van der Waals surface area contributed by atoms with Crippen molar-refractivity contribution in [3.8, 4) is 0 Å². The first-order valence-electron chi connectivity index (χ1n) is 8.63. The normalized spacial score (nSPS) is 19.1.